The molecule has 0 bridgehead atoms. The van der Waals surface area contributed by atoms with Crippen LogP contribution in [0.4, 0.5) is 5.82 Å². The van der Waals surface area contributed by atoms with Crippen LogP contribution in [0.3, 0.4) is 0 Å². The van der Waals surface area contributed by atoms with Crippen LogP contribution in [0.15, 0.2) is 59.9 Å². The molecule has 3 heterocycles. The summed E-state index contributed by atoms with van der Waals surface area (Å²) in [4.78, 5) is 10.9. The van der Waals surface area contributed by atoms with Gasteiger partial charge in [-0.3, -0.25) is 0 Å². The molecule has 0 aliphatic carbocycles. The van der Waals surface area contributed by atoms with Crippen molar-refractivity contribution in [2.75, 3.05) is 52.4 Å². The number of ether oxygens (including phenoxy) is 3. The van der Waals surface area contributed by atoms with Crippen molar-refractivity contribution in [2.45, 2.75) is 11.3 Å². The number of aromatic nitrogens is 4. The first-order valence-electron chi connectivity index (χ1n) is 11.8. The number of rotatable bonds is 7. The number of nitrogens with zero attached hydrogens (tertiary/aromatic N) is 6. The fraction of sp³-hybridized carbons (Fsp3) is 0.320. The van der Waals surface area contributed by atoms with E-state index in [1.54, 1.807) is 30.0 Å². The first-order chi connectivity index (χ1) is 18.0. The van der Waals surface area contributed by atoms with Gasteiger partial charge in [-0.25, -0.2) is 13.4 Å². The molecule has 1 fully saturated rings. The SMILES string of the molecule is COc1ccc(-c2cnc3ncnn3c2N2CCCN(S(=O)(=O)c3cc(OC)ccc3OC)CC2)cc1. The minimum Gasteiger partial charge on any atom is -0.497 e. The first kappa shape index (κ1) is 24.8. The Kier molecular flexibility index (Phi) is 6.85. The van der Waals surface area contributed by atoms with Crippen LogP contribution in [0.25, 0.3) is 16.9 Å². The lowest BCUT2D eigenvalue weighted by Gasteiger charge is -2.26. The Morgan fingerprint density at radius 2 is 1.59 bits per heavy atom. The lowest BCUT2D eigenvalue weighted by atomic mass is 10.1. The fourth-order valence-corrected chi connectivity index (χ4v) is 6.16. The molecule has 0 radical (unpaired) electrons. The van der Waals surface area contributed by atoms with E-state index in [-0.39, 0.29) is 17.2 Å². The highest BCUT2D eigenvalue weighted by atomic mass is 32.2. The van der Waals surface area contributed by atoms with Gasteiger partial charge in [0, 0.05) is 44.0 Å². The molecule has 2 aromatic heterocycles. The third-order valence-corrected chi connectivity index (χ3v) is 8.34. The standard InChI is InChI=1S/C25H28N6O5S/c1-34-19-7-5-18(6-8-19)21-16-26-25-27-17-28-31(25)24(21)29-11-4-12-30(14-13-29)37(32,33)23-15-20(35-2)9-10-22(23)36-3/h5-10,15-17H,4,11-14H2,1-3H3. The second-order valence-corrected chi connectivity index (χ2v) is 10.4. The van der Waals surface area contributed by atoms with Gasteiger partial charge in [0.25, 0.3) is 5.78 Å². The summed E-state index contributed by atoms with van der Waals surface area (Å²) in [6, 6.07) is 12.5. The van der Waals surface area contributed by atoms with E-state index in [1.807, 2.05) is 24.3 Å². The Labute approximate surface area is 215 Å². The average Bonchev–Trinajstić information content (AvgIpc) is 3.28. The zero-order chi connectivity index (χ0) is 26.0. The van der Waals surface area contributed by atoms with Gasteiger partial charge in [-0.2, -0.15) is 18.9 Å². The molecule has 0 N–H and O–H groups in total. The maximum atomic E-state index is 13.7. The van der Waals surface area contributed by atoms with E-state index in [0.29, 0.717) is 37.6 Å². The molecule has 0 spiro atoms. The summed E-state index contributed by atoms with van der Waals surface area (Å²) in [5.41, 5.74) is 1.81. The Morgan fingerprint density at radius 1 is 0.838 bits per heavy atom. The summed E-state index contributed by atoms with van der Waals surface area (Å²) in [7, 11) is 0.758. The summed E-state index contributed by atoms with van der Waals surface area (Å²) >= 11 is 0. The number of fused-ring (bicyclic) bond motifs is 1. The van der Waals surface area contributed by atoms with E-state index in [0.717, 1.165) is 22.7 Å². The molecule has 12 heteroatoms. The molecule has 11 nitrogen and oxygen atoms in total. The van der Waals surface area contributed by atoms with Crippen LogP contribution in [-0.4, -0.2) is 79.8 Å². The molecule has 1 saturated heterocycles. The lowest BCUT2D eigenvalue weighted by molar-refractivity contribution is 0.385. The van der Waals surface area contributed by atoms with Crippen molar-refractivity contribution in [3.63, 3.8) is 0 Å². The maximum Gasteiger partial charge on any atom is 0.254 e. The monoisotopic (exact) mass is 524 g/mol. The summed E-state index contributed by atoms with van der Waals surface area (Å²) in [5, 5.41) is 4.42. The molecular formula is C25H28N6O5S. The number of hydrogen-bond donors (Lipinski definition) is 0. The van der Waals surface area contributed by atoms with Crippen molar-refractivity contribution in [2.24, 2.45) is 0 Å². The van der Waals surface area contributed by atoms with Gasteiger partial charge in [0.15, 0.2) is 0 Å². The average molecular weight is 525 g/mol. The molecule has 0 saturated carbocycles. The van der Waals surface area contributed by atoms with Crippen molar-refractivity contribution >= 4 is 21.6 Å². The van der Waals surface area contributed by atoms with Crippen molar-refractivity contribution in [1.82, 2.24) is 23.9 Å². The van der Waals surface area contributed by atoms with Gasteiger partial charge in [0.05, 0.1) is 21.3 Å². The Hall–Kier alpha value is -3.90. The second kappa shape index (κ2) is 10.2. The molecule has 194 valence electrons. The normalized spacial score (nSPS) is 14.9. The minimum atomic E-state index is -3.83. The molecule has 0 atom stereocenters. The van der Waals surface area contributed by atoms with Crippen LogP contribution in [0, 0.1) is 0 Å². The highest BCUT2D eigenvalue weighted by molar-refractivity contribution is 7.89. The van der Waals surface area contributed by atoms with E-state index in [9.17, 15) is 8.42 Å². The maximum absolute atomic E-state index is 13.7. The smallest absolute Gasteiger partial charge is 0.254 e. The van der Waals surface area contributed by atoms with Crippen LogP contribution in [-0.2, 0) is 10.0 Å². The zero-order valence-corrected chi connectivity index (χ0v) is 21.7. The molecule has 0 amide bonds. The summed E-state index contributed by atoms with van der Waals surface area (Å²) in [6.45, 7) is 1.73. The van der Waals surface area contributed by atoms with Crippen molar-refractivity contribution in [1.29, 1.82) is 0 Å². The van der Waals surface area contributed by atoms with Gasteiger partial charge in [-0.1, -0.05) is 12.1 Å². The lowest BCUT2D eigenvalue weighted by Crippen LogP contribution is -2.36. The topological polar surface area (TPSA) is 111 Å². The molecule has 5 rings (SSSR count). The van der Waals surface area contributed by atoms with Gasteiger partial charge in [-0.05, 0) is 36.2 Å². The molecular weight excluding hydrogens is 496 g/mol. The number of methoxy groups -OCH3 is 3. The molecule has 1 aliphatic rings. The van der Waals surface area contributed by atoms with Gasteiger partial charge < -0.3 is 19.1 Å². The van der Waals surface area contributed by atoms with E-state index < -0.39 is 10.0 Å². The van der Waals surface area contributed by atoms with Gasteiger partial charge in [0.1, 0.15) is 34.3 Å². The fourth-order valence-electron chi connectivity index (χ4n) is 4.52. The molecule has 1 aliphatic heterocycles. The molecule has 37 heavy (non-hydrogen) atoms. The highest BCUT2D eigenvalue weighted by Gasteiger charge is 2.31. The van der Waals surface area contributed by atoms with Crippen LogP contribution in [0.5, 0.6) is 17.2 Å². The molecule has 0 unspecified atom stereocenters. The minimum absolute atomic E-state index is 0.0873. The summed E-state index contributed by atoms with van der Waals surface area (Å²) < 4.78 is 46.5. The largest absolute Gasteiger partial charge is 0.497 e. The van der Waals surface area contributed by atoms with Crippen molar-refractivity contribution < 1.29 is 22.6 Å². The van der Waals surface area contributed by atoms with Crippen molar-refractivity contribution in [3.8, 4) is 28.4 Å². The quantitative estimate of drug-likeness (QED) is 0.360. The van der Waals surface area contributed by atoms with Crippen LogP contribution >= 0.6 is 0 Å². The Morgan fingerprint density at radius 3 is 2.32 bits per heavy atom. The Bertz CT molecular complexity index is 1510. The number of anilines is 1. The third kappa shape index (κ3) is 4.65. The summed E-state index contributed by atoms with van der Waals surface area (Å²) in [6.07, 6.45) is 3.86. The van der Waals surface area contributed by atoms with Crippen molar-refractivity contribution in [3.05, 3.63) is 55.0 Å². The molecule has 4 aromatic rings. The van der Waals surface area contributed by atoms with Crippen LogP contribution < -0.4 is 19.1 Å². The molecule has 2 aromatic carbocycles. The number of benzene rings is 2. The van der Waals surface area contributed by atoms with Gasteiger partial charge in [0.2, 0.25) is 10.0 Å². The van der Waals surface area contributed by atoms with Crippen LogP contribution in [0.1, 0.15) is 6.42 Å². The van der Waals surface area contributed by atoms with E-state index >= 15 is 0 Å². The van der Waals surface area contributed by atoms with Gasteiger partial charge in [-0.15, -0.1) is 0 Å². The van der Waals surface area contributed by atoms with E-state index in [1.165, 1.54) is 30.9 Å². The predicted molar refractivity (Wildman–Crippen MR) is 138 cm³/mol. The first-order valence-corrected chi connectivity index (χ1v) is 13.2. The van der Waals surface area contributed by atoms with E-state index in [4.69, 9.17) is 14.2 Å². The number of sulfonamides is 1. The van der Waals surface area contributed by atoms with Gasteiger partial charge >= 0.3 is 0 Å². The predicted octanol–water partition coefficient (Wildman–Crippen LogP) is 2.72. The van der Waals surface area contributed by atoms with Crippen LogP contribution in [0.2, 0.25) is 0 Å². The number of hydrogen-bond acceptors (Lipinski definition) is 9. The second-order valence-electron chi connectivity index (χ2n) is 8.46. The Balaban J connectivity index is 1.49. The van der Waals surface area contributed by atoms with E-state index in [2.05, 4.69) is 20.0 Å². The third-order valence-electron chi connectivity index (χ3n) is 6.42. The zero-order valence-electron chi connectivity index (χ0n) is 20.9. The summed E-state index contributed by atoms with van der Waals surface area (Å²) in [5.74, 6) is 2.77. The highest BCUT2D eigenvalue weighted by Crippen LogP contribution is 2.34.